The zero-order valence-electron chi connectivity index (χ0n) is 10.1. The molecule has 0 unspecified atom stereocenters. The van der Waals surface area contributed by atoms with E-state index in [-0.39, 0.29) is 22.1 Å². The number of amides is 2. The van der Waals surface area contributed by atoms with Gasteiger partial charge in [-0.25, -0.2) is 9.18 Å². The second kappa shape index (κ2) is 5.98. The van der Waals surface area contributed by atoms with Gasteiger partial charge in [0.15, 0.2) is 0 Å². The van der Waals surface area contributed by atoms with Gasteiger partial charge in [-0.3, -0.25) is 0 Å². The summed E-state index contributed by atoms with van der Waals surface area (Å²) in [5, 5.41) is 5.35. The highest BCUT2D eigenvalue weighted by molar-refractivity contribution is 6.37. The van der Waals surface area contributed by atoms with Crippen LogP contribution in [0.4, 0.5) is 26.2 Å². The van der Waals surface area contributed by atoms with Crippen molar-refractivity contribution >= 4 is 46.3 Å². The molecule has 0 heterocycles. The maximum absolute atomic E-state index is 13.4. The third-order valence-corrected chi connectivity index (χ3v) is 2.96. The van der Waals surface area contributed by atoms with Crippen molar-refractivity contribution in [1.29, 1.82) is 0 Å². The van der Waals surface area contributed by atoms with Crippen LogP contribution in [0.25, 0.3) is 0 Å². The predicted octanol–water partition coefficient (Wildman–Crippen LogP) is 4.36. The monoisotopic (exact) mass is 313 g/mol. The molecule has 0 atom stereocenters. The normalized spacial score (nSPS) is 10.2. The first-order chi connectivity index (χ1) is 9.47. The Labute approximate surface area is 124 Å². The molecule has 0 fully saturated rings. The highest BCUT2D eigenvalue weighted by atomic mass is 35.5. The van der Waals surface area contributed by atoms with Crippen LogP contribution in [0.5, 0.6) is 0 Å². The molecule has 0 radical (unpaired) electrons. The van der Waals surface area contributed by atoms with Crippen LogP contribution in [-0.4, -0.2) is 6.03 Å². The van der Waals surface area contributed by atoms with Gasteiger partial charge in [0.2, 0.25) is 0 Å². The number of carbonyl (C=O) groups is 1. The largest absolute Gasteiger partial charge is 0.397 e. The summed E-state index contributed by atoms with van der Waals surface area (Å²) in [7, 11) is 0. The van der Waals surface area contributed by atoms with E-state index >= 15 is 0 Å². The number of nitrogens with one attached hydrogen (secondary N) is 2. The number of para-hydroxylation sites is 1. The Bertz CT molecular complexity index is 641. The van der Waals surface area contributed by atoms with Crippen LogP contribution in [-0.2, 0) is 0 Å². The number of benzene rings is 2. The van der Waals surface area contributed by atoms with Crippen molar-refractivity contribution in [2.24, 2.45) is 0 Å². The van der Waals surface area contributed by atoms with E-state index < -0.39 is 11.8 Å². The Morgan fingerprint density at radius 2 is 1.85 bits per heavy atom. The van der Waals surface area contributed by atoms with Crippen molar-refractivity contribution in [2.75, 3.05) is 16.4 Å². The van der Waals surface area contributed by atoms with Gasteiger partial charge < -0.3 is 16.4 Å². The molecule has 2 aromatic rings. The highest BCUT2D eigenvalue weighted by Crippen LogP contribution is 2.32. The first-order valence-corrected chi connectivity index (χ1v) is 6.30. The Hall–Kier alpha value is -1.98. The number of hydrogen-bond donors (Lipinski definition) is 3. The minimum atomic E-state index is -0.661. The Morgan fingerprint density at radius 1 is 1.15 bits per heavy atom. The summed E-state index contributed by atoms with van der Waals surface area (Å²) in [5.74, 6) is -0.544. The molecule has 2 rings (SSSR count). The van der Waals surface area contributed by atoms with Crippen LogP contribution in [0, 0.1) is 5.82 Å². The van der Waals surface area contributed by atoms with Crippen LogP contribution >= 0.6 is 23.2 Å². The number of carbonyl (C=O) groups excluding carboxylic acids is 1. The third-order valence-electron chi connectivity index (χ3n) is 2.45. The Balaban J connectivity index is 2.15. The van der Waals surface area contributed by atoms with Gasteiger partial charge in [-0.1, -0.05) is 35.3 Å². The van der Waals surface area contributed by atoms with Gasteiger partial charge in [0, 0.05) is 5.02 Å². The van der Waals surface area contributed by atoms with E-state index in [4.69, 9.17) is 28.9 Å². The molecule has 0 aliphatic heterocycles. The topological polar surface area (TPSA) is 67.1 Å². The quantitative estimate of drug-likeness (QED) is 0.721. The SMILES string of the molecule is Nc1cc(Cl)cc(Cl)c1NC(=O)Nc1ccccc1F. The molecule has 0 spiro atoms. The van der Waals surface area contributed by atoms with Gasteiger partial charge in [0.05, 0.1) is 22.1 Å². The number of rotatable bonds is 2. The standard InChI is InChI=1S/C13H10Cl2FN3O/c14-7-5-8(15)12(10(17)6-7)19-13(20)18-11-4-2-1-3-9(11)16/h1-6H,17H2,(H2,18,19,20). The Morgan fingerprint density at radius 3 is 2.50 bits per heavy atom. The zero-order valence-corrected chi connectivity index (χ0v) is 11.6. The fraction of sp³-hybridized carbons (Fsp3) is 0. The average molecular weight is 314 g/mol. The fourth-order valence-corrected chi connectivity index (χ4v) is 2.11. The Kier molecular flexibility index (Phi) is 4.32. The molecule has 0 aliphatic carbocycles. The smallest absolute Gasteiger partial charge is 0.323 e. The fourth-order valence-electron chi connectivity index (χ4n) is 1.56. The van der Waals surface area contributed by atoms with E-state index in [1.54, 1.807) is 6.07 Å². The maximum Gasteiger partial charge on any atom is 0.323 e. The summed E-state index contributed by atoms with van der Waals surface area (Å²) in [4.78, 5) is 11.8. The number of nitrogen functional groups attached to an aromatic ring is 1. The van der Waals surface area contributed by atoms with Crippen molar-refractivity contribution in [3.63, 3.8) is 0 Å². The van der Waals surface area contributed by atoms with Gasteiger partial charge in [-0.15, -0.1) is 0 Å². The van der Waals surface area contributed by atoms with E-state index in [9.17, 15) is 9.18 Å². The van der Waals surface area contributed by atoms with Gasteiger partial charge in [-0.2, -0.15) is 0 Å². The molecule has 7 heteroatoms. The van der Waals surface area contributed by atoms with E-state index in [0.717, 1.165) is 0 Å². The van der Waals surface area contributed by atoms with Crippen LogP contribution in [0.2, 0.25) is 10.0 Å². The lowest BCUT2D eigenvalue weighted by molar-refractivity contribution is 0.262. The molecule has 0 aromatic heterocycles. The molecule has 2 amide bonds. The van der Waals surface area contributed by atoms with Crippen molar-refractivity contribution < 1.29 is 9.18 Å². The maximum atomic E-state index is 13.4. The van der Waals surface area contributed by atoms with E-state index in [1.807, 2.05) is 0 Å². The van der Waals surface area contributed by atoms with Gasteiger partial charge in [-0.05, 0) is 24.3 Å². The first kappa shape index (κ1) is 14.4. The van der Waals surface area contributed by atoms with Gasteiger partial charge in [0.1, 0.15) is 5.82 Å². The molecule has 20 heavy (non-hydrogen) atoms. The molecular weight excluding hydrogens is 304 g/mol. The second-order valence-corrected chi connectivity index (χ2v) is 4.75. The molecule has 2 aromatic carbocycles. The lowest BCUT2D eigenvalue weighted by Gasteiger charge is -2.12. The molecule has 104 valence electrons. The number of halogens is 3. The predicted molar refractivity (Wildman–Crippen MR) is 79.9 cm³/mol. The average Bonchev–Trinajstić information content (AvgIpc) is 2.36. The molecule has 0 aliphatic rings. The highest BCUT2D eigenvalue weighted by Gasteiger charge is 2.11. The molecular formula is C13H10Cl2FN3O. The van der Waals surface area contributed by atoms with Crippen molar-refractivity contribution in [2.45, 2.75) is 0 Å². The van der Waals surface area contributed by atoms with Gasteiger partial charge >= 0.3 is 6.03 Å². The van der Waals surface area contributed by atoms with Crippen molar-refractivity contribution in [3.05, 3.63) is 52.3 Å². The minimum absolute atomic E-state index is 0.0497. The minimum Gasteiger partial charge on any atom is -0.397 e. The van der Waals surface area contributed by atoms with E-state index in [1.165, 1.54) is 30.3 Å². The van der Waals surface area contributed by atoms with Crippen molar-refractivity contribution in [3.8, 4) is 0 Å². The summed E-state index contributed by atoms with van der Waals surface area (Å²) >= 11 is 11.7. The molecule has 0 bridgehead atoms. The lowest BCUT2D eigenvalue weighted by atomic mass is 10.2. The second-order valence-electron chi connectivity index (χ2n) is 3.91. The number of anilines is 3. The first-order valence-electron chi connectivity index (χ1n) is 5.54. The van der Waals surface area contributed by atoms with Crippen LogP contribution in [0.1, 0.15) is 0 Å². The summed E-state index contributed by atoms with van der Waals surface area (Å²) in [6.45, 7) is 0. The summed E-state index contributed by atoms with van der Waals surface area (Å²) in [6, 6.07) is 8.02. The lowest BCUT2D eigenvalue weighted by Crippen LogP contribution is -2.21. The molecule has 4 N–H and O–H groups in total. The molecule has 0 saturated heterocycles. The van der Waals surface area contributed by atoms with E-state index in [0.29, 0.717) is 5.02 Å². The summed E-state index contributed by atoms with van der Waals surface area (Å²) < 4.78 is 13.4. The van der Waals surface area contributed by atoms with Gasteiger partial charge in [0.25, 0.3) is 0 Å². The third kappa shape index (κ3) is 3.31. The van der Waals surface area contributed by atoms with Crippen LogP contribution < -0.4 is 16.4 Å². The molecule has 0 saturated carbocycles. The number of urea groups is 1. The molecule has 4 nitrogen and oxygen atoms in total. The van der Waals surface area contributed by atoms with Crippen LogP contribution in [0.15, 0.2) is 36.4 Å². The van der Waals surface area contributed by atoms with Crippen LogP contribution in [0.3, 0.4) is 0 Å². The summed E-state index contributed by atoms with van der Waals surface area (Å²) in [5.41, 5.74) is 6.18. The van der Waals surface area contributed by atoms with E-state index in [2.05, 4.69) is 10.6 Å². The number of nitrogens with two attached hydrogens (primary N) is 1. The van der Waals surface area contributed by atoms with Crippen molar-refractivity contribution in [1.82, 2.24) is 0 Å². The zero-order chi connectivity index (χ0) is 14.7. The summed E-state index contributed by atoms with van der Waals surface area (Å²) in [6.07, 6.45) is 0. The number of hydrogen-bond acceptors (Lipinski definition) is 2.